The van der Waals surface area contributed by atoms with Crippen molar-refractivity contribution in [2.24, 2.45) is 5.92 Å². The summed E-state index contributed by atoms with van der Waals surface area (Å²) in [5.74, 6) is 5.61. The summed E-state index contributed by atoms with van der Waals surface area (Å²) in [6.45, 7) is 4.04. The number of methoxy groups -OCH3 is 2. The molecule has 3 nitrogen and oxygen atoms in total. The van der Waals surface area contributed by atoms with Crippen LogP contribution in [0.1, 0.15) is 26.7 Å². The summed E-state index contributed by atoms with van der Waals surface area (Å²) in [6.07, 6.45) is 1.21. The molecular weight excluding hydrogens is 180 g/mol. The lowest BCUT2D eigenvalue weighted by Gasteiger charge is -2.15. The molecule has 0 amide bonds. The van der Waals surface area contributed by atoms with E-state index in [0.29, 0.717) is 0 Å². The molecule has 2 atom stereocenters. The Bertz CT molecular complexity index is 220. The van der Waals surface area contributed by atoms with Crippen LogP contribution in [0.4, 0.5) is 0 Å². The highest BCUT2D eigenvalue weighted by molar-refractivity contribution is 5.72. The van der Waals surface area contributed by atoms with Crippen LogP contribution in [0.2, 0.25) is 0 Å². The molecular formula is C11H18O3. The molecule has 0 radical (unpaired) electrons. The quantitative estimate of drug-likeness (QED) is 0.508. The molecule has 0 aromatic rings. The van der Waals surface area contributed by atoms with E-state index in [4.69, 9.17) is 4.74 Å². The summed E-state index contributed by atoms with van der Waals surface area (Å²) in [5.41, 5.74) is 0. The second kappa shape index (κ2) is 7.40. The molecule has 3 heteroatoms. The van der Waals surface area contributed by atoms with E-state index < -0.39 is 0 Å². The van der Waals surface area contributed by atoms with Crippen LogP contribution in [0.15, 0.2) is 0 Å². The molecule has 0 N–H and O–H groups in total. The van der Waals surface area contributed by atoms with Gasteiger partial charge in [0.1, 0.15) is 6.42 Å². The Hall–Kier alpha value is -1.01. The highest BCUT2D eigenvalue weighted by Crippen LogP contribution is 2.08. The van der Waals surface area contributed by atoms with E-state index in [2.05, 4.69) is 16.6 Å². The minimum Gasteiger partial charge on any atom is -0.468 e. The Morgan fingerprint density at radius 1 is 1.43 bits per heavy atom. The van der Waals surface area contributed by atoms with Gasteiger partial charge in [-0.1, -0.05) is 18.8 Å². The number of rotatable bonds is 4. The lowest BCUT2D eigenvalue weighted by Crippen LogP contribution is -2.17. The normalized spacial score (nSPS) is 13.7. The Kier molecular flexibility index (Phi) is 6.87. The van der Waals surface area contributed by atoms with Crippen molar-refractivity contribution in [3.05, 3.63) is 0 Å². The van der Waals surface area contributed by atoms with Crippen molar-refractivity contribution in [3.8, 4) is 11.8 Å². The summed E-state index contributed by atoms with van der Waals surface area (Å²) in [7, 11) is 3.03. The van der Waals surface area contributed by atoms with Gasteiger partial charge in [0.05, 0.1) is 13.2 Å². The van der Waals surface area contributed by atoms with Crippen LogP contribution in [0, 0.1) is 17.8 Å². The van der Waals surface area contributed by atoms with Gasteiger partial charge in [0.2, 0.25) is 0 Å². The number of esters is 1. The molecule has 0 aliphatic rings. The number of hydrogen-bond donors (Lipinski definition) is 0. The maximum absolute atomic E-state index is 10.7. The Balaban J connectivity index is 4.01. The van der Waals surface area contributed by atoms with E-state index in [0.717, 1.165) is 6.42 Å². The third kappa shape index (κ3) is 4.88. The van der Waals surface area contributed by atoms with Gasteiger partial charge in [-0.25, -0.2) is 0 Å². The highest BCUT2D eigenvalue weighted by atomic mass is 16.5. The lowest BCUT2D eigenvalue weighted by atomic mass is 10.0. The maximum Gasteiger partial charge on any atom is 0.317 e. The summed E-state index contributed by atoms with van der Waals surface area (Å²) in [4.78, 5) is 10.7. The second-order valence-corrected chi connectivity index (χ2v) is 3.05. The highest BCUT2D eigenvalue weighted by Gasteiger charge is 2.11. The first-order valence-electron chi connectivity index (χ1n) is 4.73. The number of hydrogen-bond acceptors (Lipinski definition) is 3. The van der Waals surface area contributed by atoms with Crippen LogP contribution >= 0.6 is 0 Å². The first-order chi connectivity index (χ1) is 6.65. The molecule has 80 valence electrons. The summed E-state index contributed by atoms with van der Waals surface area (Å²) < 4.78 is 9.70. The molecule has 0 rings (SSSR count). The minimum atomic E-state index is -0.296. The fourth-order valence-corrected chi connectivity index (χ4v) is 1.17. The van der Waals surface area contributed by atoms with Crippen molar-refractivity contribution in [3.63, 3.8) is 0 Å². The van der Waals surface area contributed by atoms with E-state index in [-0.39, 0.29) is 24.4 Å². The number of carbonyl (C=O) groups is 1. The molecule has 0 bridgehead atoms. The van der Waals surface area contributed by atoms with Crippen molar-refractivity contribution in [1.29, 1.82) is 0 Å². The van der Waals surface area contributed by atoms with Crippen molar-refractivity contribution < 1.29 is 14.3 Å². The standard InChI is InChI=1S/C11H18O3/c1-5-10(13-3)9(2)7-6-8-11(12)14-4/h9-10H,5,8H2,1-4H3/t9-,10-/m0/s1. The van der Waals surface area contributed by atoms with Gasteiger partial charge in [0, 0.05) is 13.0 Å². The van der Waals surface area contributed by atoms with E-state index in [1.807, 2.05) is 13.8 Å². The minimum absolute atomic E-state index is 0.139. The van der Waals surface area contributed by atoms with Crippen LogP contribution < -0.4 is 0 Å². The van der Waals surface area contributed by atoms with Gasteiger partial charge in [-0.05, 0) is 13.3 Å². The predicted molar refractivity (Wildman–Crippen MR) is 54.7 cm³/mol. The van der Waals surface area contributed by atoms with Gasteiger partial charge < -0.3 is 9.47 Å². The molecule has 0 saturated heterocycles. The first kappa shape index (κ1) is 13.0. The maximum atomic E-state index is 10.7. The molecule has 0 fully saturated rings. The average Bonchev–Trinajstić information content (AvgIpc) is 2.19. The molecule has 0 heterocycles. The summed E-state index contributed by atoms with van der Waals surface area (Å²) in [5, 5.41) is 0. The third-order valence-electron chi connectivity index (χ3n) is 2.05. The monoisotopic (exact) mass is 198 g/mol. The predicted octanol–water partition coefficient (Wildman–Crippen LogP) is 1.61. The molecule has 0 aromatic heterocycles. The van der Waals surface area contributed by atoms with Crippen molar-refractivity contribution >= 4 is 5.97 Å². The molecule has 0 aliphatic carbocycles. The Labute approximate surface area is 85.8 Å². The average molecular weight is 198 g/mol. The van der Waals surface area contributed by atoms with Gasteiger partial charge in [-0.2, -0.15) is 0 Å². The molecule has 0 aliphatic heterocycles. The lowest BCUT2D eigenvalue weighted by molar-refractivity contribution is -0.139. The van der Waals surface area contributed by atoms with Gasteiger partial charge in [-0.15, -0.1) is 0 Å². The van der Waals surface area contributed by atoms with Crippen LogP contribution in [0.3, 0.4) is 0 Å². The number of ether oxygens (including phenoxy) is 2. The van der Waals surface area contributed by atoms with E-state index in [9.17, 15) is 4.79 Å². The Morgan fingerprint density at radius 3 is 2.50 bits per heavy atom. The first-order valence-corrected chi connectivity index (χ1v) is 4.73. The van der Waals surface area contributed by atoms with Gasteiger partial charge >= 0.3 is 5.97 Å². The van der Waals surface area contributed by atoms with Crippen molar-refractivity contribution in [1.82, 2.24) is 0 Å². The van der Waals surface area contributed by atoms with Gasteiger partial charge in [0.15, 0.2) is 0 Å². The van der Waals surface area contributed by atoms with E-state index >= 15 is 0 Å². The summed E-state index contributed by atoms with van der Waals surface area (Å²) in [6, 6.07) is 0. The Morgan fingerprint density at radius 2 is 2.07 bits per heavy atom. The van der Waals surface area contributed by atoms with Crippen molar-refractivity contribution in [2.75, 3.05) is 14.2 Å². The SMILES string of the molecule is CC[C@H](OC)[C@@H](C)C#CCC(=O)OC. The van der Waals surface area contributed by atoms with Crippen LogP contribution in [-0.4, -0.2) is 26.3 Å². The zero-order valence-corrected chi connectivity index (χ0v) is 9.29. The molecule has 0 unspecified atom stereocenters. The van der Waals surface area contributed by atoms with E-state index in [1.165, 1.54) is 7.11 Å². The van der Waals surface area contributed by atoms with Crippen LogP contribution in [-0.2, 0) is 14.3 Å². The molecule has 14 heavy (non-hydrogen) atoms. The number of carbonyl (C=O) groups excluding carboxylic acids is 1. The van der Waals surface area contributed by atoms with Gasteiger partial charge in [-0.3, -0.25) is 4.79 Å². The fourth-order valence-electron chi connectivity index (χ4n) is 1.17. The second-order valence-electron chi connectivity index (χ2n) is 3.05. The van der Waals surface area contributed by atoms with Crippen molar-refractivity contribution in [2.45, 2.75) is 32.8 Å². The fraction of sp³-hybridized carbons (Fsp3) is 0.727. The van der Waals surface area contributed by atoms with Crippen LogP contribution in [0.5, 0.6) is 0 Å². The zero-order chi connectivity index (χ0) is 11.0. The largest absolute Gasteiger partial charge is 0.468 e. The molecule has 0 saturated carbocycles. The van der Waals surface area contributed by atoms with E-state index in [1.54, 1.807) is 7.11 Å². The molecule has 0 aromatic carbocycles. The van der Waals surface area contributed by atoms with Crippen LogP contribution in [0.25, 0.3) is 0 Å². The summed E-state index contributed by atoms with van der Waals surface area (Å²) >= 11 is 0. The topological polar surface area (TPSA) is 35.5 Å². The molecule has 0 spiro atoms. The zero-order valence-electron chi connectivity index (χ0n) is 9.29. The van der Waals surface area contributed by atoms with Gasteiger partial charge in [0.25, 0.3) is 0 Å². The smallest absolute Gasteiger partial charge is 0.317 e. The third-order valence-corrected chi connectivity index (χ3v) is 2.05.